The first-order valence-corrected chi connectivity index (χ1v) is 9.16. The maximum Gasteiger partial charge on any atom is 0.227 e. The second-order valence-corrected chi connectivity index (χ2v) is 6.90. The van der Waals surface area contributed by atoms with Gasteiger partial charge >= 0.3 is 0 Å². The lowest BCUT2D eigenvalue weighted by molar-refractivity contribution is -0.133. The average molecular weight is 383 g/mol. The van der Waals surface area contributed by atoms with E-state index in [1.807, 2.05) is 53.4 Å². The van der Waals surface area contributed by atoms with Crippen LogP contribution in [0.5, 0.6) is 0 Å². The molecule has 0 saturated carbocycles. The normalized spacial score (nSPS) is 17.1. The Hall–Kier alpha value is -2.77. The van der Waals surface area contributed by atoms with Crippen LogP contribution in [0.3, 0.4) is 0 Å². The summed E-state index contributed by atoms with van der Waals surface area (Å²) in [6.07, 6.45) is 1.89. The molecule has 0 bridgehead atoms. The van der Waals surface area contributed by atoms with Crippen LogP contribution in [0.4, 0.5) is 0 Å². The zero-order valence-electron chi connectivity index (χ0n) is 14.6. The number of aromatic nitrogens is 4. The van der Waals surface area contributed by atoms with Gasteiger partial charge in [-0.1, -0.05) is 35.9 Å². The molecular formula is C19H19ClN6O. The zero-order chi connectivity index (χ0) is 18.6. The van der Waals surface area contributed by atoms with E-state index in [0.29, 0.717) is 18.0 Å². The van der Waals surface area contributed by atoms with Gasteiger partial charge in [-0.25, -0.2) is 4.68 Å². The Morgan fingerprint density at radius 3 is 2.81 bits per heavy atom. The first-order valence-electron chi connectivity index (χ1n) is 8.79. The molecule has 0 radical (unpaired) electrons. The van der Waals surface area contributed by atoms with Crippen LogP contribution in [0, 0.1) is 0 Å². The molecule has 1 aromatic heterocycles. The van der Waals surface area contributed by atoms with Gasteiger partial charge in [0, 0.05) is 24.7 Å². The van der Waals surface area contributed by atoms with Crippen LogP contribution in [0.25, 0.3) is 5.69 Å². The van der Waals surface area contributed by atoms with Crippen LogP contribution >= 0.6 is 11.6 Å². The molecule has 27 heavy (non-hydrogen) atoms. The van der Waals surface area contributed by atoms with Gasteiger partial charge in [0.25, 0.3) is 0 Å². The fourth-order valence-corrected chi connectivity index (χ4v) is 3.54. The van der Waals surface area contributed by atoms with Crippen LogP contribution in [0.1, 0.15) is 17.2 Å². The third kappa shape index (κ3) is 3.99. The fraction of sp³-hybridized carbons (Fsp3) is 0.263. The lowest BCUT2D eigenvalue weighted by atomic mass is 10.0. The van der Waals surface area contributed by atoms with Gasteiger partial charge in [0.05, 0.1) is 18.2 Å². The highest BCUT2D eigenvalue weighted by molar-refractivity contribution is 6.30. The maximum atomic E-state index is 13.0. The molecule has 1 aliphatic rings. The van der Waals surface area contributed by atoms with Gasteiger partial charge < -0.3 is 10.2 Å². The van der Waals surface area contributed by atoms with E-state index >= 15 is 0 Å². The number of tetrazole rings is 1. The molecule has 3 aromatic rings. The Morgan fingerprint density at radius 1 is 1.22 bits per heavy atom. The molecule has 138 valence electrons. The number of carbonyl (C=O) groups excluding carboxylic acids is 1. The van der Waals surface area contributed by atoms with Gasteiger partial charge in [0.1, 0.15) is 6.33 Å². The number of piperazine rings is 1. The number of halogens is 1. The minimum absolute atomic E-state index is 0.00885. The summed E-state index contributed by atoms with van der Waals surface area (Å²) >= 11 is 6.14. The number of nitrogens with zero attached hydrogens (tertiary/aromatic N) is 5. The molecule has 2 heterocycles. The standard InChI is InChI=1S/C19H19ClN6O/c20-16-3-1-2-15(11-16)18-12-21-8-9-25(18)19(27)10-14-4-6-17(7-5-14)26-13-22-23-24-26/h1-7,11,13,18,21H,8-10,12H2. The number of benzene rings is 2. The van der Waals surface area contributed by atoms with Crippen LogP contribution in [0.2, 0.25) is 5.02 Å². The maximum absolute atomic E-state index is 13.0. The summed E-state index contributed by atoms with van der Waals surface area (Å²) in [6.45, 7) is 2.20. The molecule has 1 unspecified atom stereocenters. The molecule has 1 amide bonds. The number of carbonyl (C=O) groups is 1. The Kier molecular flexibility index (Phi) is 5.13. The number of amides is 1. The number of nitrogens with one attached hydrogen (secondary N) is 1. The zero-order valence-corrected chi connectivity index (χ0v) is 15.4. The van der Waals surface area contributed by atoms with Crippen molar-refractivity contribution in [1.29, 1.82) is 0 Å². The molecule has 0 aliphatic carbocycles. The molecule has 8 heteroatoms. The Morgan fingerprint density at radius 2 is 2.07 bits per heavy atom. The SMILES string of the molecule is O=C(Cc1ccc(-n2cnnn2)cc1)N1CCNCC1c1cccc(Cl)c1. The monoisotopic (exact) mass is 382 g/mol. The molecule has 1 atom stereocenters. The van der Waals surface area contributed by atoms with Crippen molar-refractivity contribution in [1.82, 2.24) is 30.4 Å². The highest BCUT2D eigenvalue weighted by Gasteiger charge is 2.27. The van der Waals surface area contributed by atoms with Crippen molar-refractivity contribution >= 4 is 17.5 Å². The molecule has 4 rings (SSSR count). The van der Waals surface area contributed by atoms with Gasteiger partial charge in [-0.15, -0.1) is 5.10 Å². The fourth-order valence-electron chi connectivity index (χ4n) is 3.34. The van der Waals surface area contributed by atoms with Gasteiger partial charge in [-0.2, -0.15) is 0 Å². The van der Waals surface area contributed by atoms with Crippen molar-refractivity contribution in [3.63, 3.8) is 0 Å². The van der Waals surface area contributed by atoms with Crippen molar-refractivity contribution in [3.8, 4) is 5.69 Å². The number of hydrogen-bond donors (Lipinski definition) is 1. The van der Waals surface area contributed by atoms with Crippen molar-refractivity contribution in [3.05, 3.63) is 71.0 Å². The summed E-state index contributed by atoms with van der Waals surface area (Å²) in [5, 5.41) is 15.2. The van der Waals surface area contributed by atoms with E-state index in [9.17, 15) is 4.79 Å². The first kappa shape index (κ1) is 17.6. The lowest BCUT2D eigenvalue weighted by Gasteiger charge is -2.36. The second kappa shape index (κ2) is 7.85. The number of hydrogen-bond acceptors (Lipinski definition) is 5. The van der Waals surface area contributed by atoms with Gasteiger partial charge in [-0.3, -0.25) is 4.79 Å². The van der Waals surface area contributed by atoms with Gasteiger partial charge in [0.15, 0.2) is 0 Å². The van der Waals surface area contributed by atoms with Crippen molar-refractivity contribution in [2.45, 2.75) is 12.5 Å². The van der Waals surface area contributed by atoms with Crippen LogP contribution in [-0.2, 0) is 11.2 Å². The second-order valence-electron chi connectivity index (χ2n) is 6.46. The minimum Gasteiger partial charge on any atom is -0.333 e. The first-order chi connectivity index (χ1) is 13.2. The highest BCUT2D eigenvalue weighted by Crippen LogP contribution is 2.25. The summed E-state index contributed by atoms with van der Waals surface area (Å²) in [7, 11) is 0. The Balaban J connectivity index is 1.49. The van der Waals surface area contributed by atoms with E-state index in [1.54, 1.807) is 4.68 Å². The van der Waals surface area contributed by atoms with Crippen LogP contribution < -0.4 is 5.32 Å². The summed E-state index contributed by atoms with van der Waals surface area (Å²) in [4.78, 5) is 14.9. The quantitative estimate of drug-likeness (QED) is 0.747. The van der Waals surface area contributed by atoms with E-state index < -0.39 is 0 Å². The molecule has 2 aromatic carbocycles. The summed E-state index contributed by atoms with van der Waals surface area (Å²) in [6, 6.07) is 15.4. The third-order valence-corrected chi connectivity index (χ3v) is 4.94. The van der Waals surface area contributed by atoms with E-state index in [1.165, 1.54) is 6.33 Å². The summed E-state index contributed by atoms with van der Waals surface area (Å²) in [5.41, 5.74) is 2.87. The van der Waals surface area contributed by atoms with Crippen molar-refractivity contribution in [2.75, 3.05) is 19.6 Å². The predicted molar refractivity (Wildman–Crippen MR) is 102 cm³/mol. The highest BCUT2D eigenvalue weighted by atomic mass is 35.5. The van der Waals surface area contributed by atoms with Crippen molar-refractivity contribution in [2.24, 2.45) is 0 Å². The third-order valence-electron chi connectivity index (χ3n) is 4.70. The molecular weight excluding hydrogens is 364 g/mol. The van der Waals surface area contributed by atoms with Gasteiger partial charge in [-0.05, 0) is 45.8 Å². The molecule has 1 saturated heterocycles. The van der Waals surface area contributed by atoms with E-state index in [0.717, 1.165) is 29.9 Å². The van der Waals surface area contributed by atoms with Crippen LogP contribution in [0.15, 0.2) is 54.9 Å². The Labute approximate surface area is 161 Å². The number of rotatable bonds is 4. The summed E-state index contributed by atoms with van der Waals surface area (Å²) in [5.74, 6) is 0.108. The molecule has 1 aliphatic heterocycles. The van der Waals surface area contributed by atoms with E-state index in [-0.39, 0.29) is 11.9 Å². The largest absolute Gasteiger partial charge is 0.333 e. The topological polar surface area (TPSA) is 75.9 Å². The van der Waals surface area contributed by atoms with E-state index in [2.05, 4.69) is 20.8 Å². The van der Waals surface area contributed by atoms with Gasteiger partial charge in [0.2, 0.25) is 5.91 Å². The summed E-state index contributed by atoms with van der Waals surface area (Å²) < 4.78 is 1.58. The average Bonchev–Trinajstić information content (AvgIpc) is 3.23. The molecule has 7 nitrogen and oxygen atoms in total. The lowest BCUT2D eigenvalue weighted by Crippen LogP contribution is -2.49. The predicted octanol–water partition coefficient (Wildman–Crippen LogP) is 2.03. The molecule has 0 spiro atoms. The van der Waals surface area contributed by atoms with Crippen molar-refractivity contribution < 1.29 is 4.79 Å². The van der Waals surface area contributed by atoms with Crippen LogP contribution in [-0.4, -0.2) is 50.6 Å². The van der Waals surface area contributed by atoms with E-state index in [4.69, 9.17) is 11.6 Å². The molecule has 1 fully saturated rings. The Bertz CT molecular complexity index is 912. The minimum atomic E-state index is -0.00885. The smallest absolute Gasteiger partial charge is 0.227 e. The molecule has 1 N–H and O–H groups in total.